The van der Waals surface area contributed by atoms with Crippen LogP contribution in [-0.4, -0.2) is 76.7 Å². The van der Waals surface area contributed by atoms with Crippen molar-refractivity contribution in [1.82, 2.24) is 20.0 Å². The zero-order valence-electron chi connectivity index (χ0n) is 21.5. The number of amides is 3. The van der Waals surface area contributed by atoms with E-state index < -0.39 is 0 Å². The van der Waals surface area contributed by atoms with Crippen molar-refractivity contribution >= 4 is 23.7 Å². The highest BCUT2D eigenvalue weighted by molar-refractivity contribution is 8.01. The summed E-state index contributed by atoms with van der Waals surface area (Å²) in [4.78, 5) is 31.9. The number of nitrogens with zero attached hydrogens (tertiary/aromatic N) is 3. The Labute approximate surface area is 204 Å². The molecular formula is C26H42N4O2S. The lowest BCUT2D eigenvalue weighted by atomic mass is 9.86. The first-order valence-electron chi connectivity index (χ1n) is 12.2. The Hall–Kier alpha value is -1.73. The van der Waals surface area contributed by atoms with Crippen LogP contribution in [0.15, 0.2) is 24.3 Å². The first kappa shape index (κ1) is 25.9. The fraction of sp³-hybridized carbons (Fsp3) is 0.692. The van der Waals surface area contributed by atoms with Crippen LogP contribution in [0.4, 0.5) is 4.79 Å². The zero-order valence-corrected chi connectivity index (χ0v) is 22.3. The molecule has 0 bridgehead atoms. The Morgan fingerprint density at radius 2 is 1.61 bits per heavy atom. The van der Waals surface area contributed by atoms with Crippen LogP contribution in [-0.2, 0) is 10.2 Å². The summed E-state index contributed by atoms with van der Waals surface area (Å²) < 4.78 is 0. The summed E-state index contributed by atoms with van der Waals surface area (Å²) in [7, 11) is 0. The molecule has 1 aromatic carbocycles. The fourth-order valence-electron chi connectivity index (χ4n) is 4.32. The van der Waals surface area contributed by atoms with E-state index in [-0.39, 0.29) is 33.5 Å². The van der Waals surface area contributed by atoms with Crippen molar-refractivity contribution in [3.8, 4) is 0 Å². The predicted octanol–water partition coefficient (Wildman–Crippen LogP) is 4.46. The zero-order chi connectivity index (χ0) is 24.4. The lowest BCUT2D eigenvalue weighted by Gasteiger charge is -2.37. The molecule has 1 aromatic rings. The number of urea groups is 1. The standard InChI is InChI=1S/C26H42N4O2S/c1-8-21-22(31)30(23(33-21)19-9-11-20(12-10-19)25(2,3)4)18-15-28-13-16-29(17-14-28)24(32)27-26(5,6)7/h9-12,21,23H,8,13-18H2,1-7H3,(H,27,32)/t21-,23-/m0/s1. The van der Waals surface area contributed by atoms with Gasteiger partial charge in [-0.3, -0.25) is 9.69 Å². The molecule has 2 aliphatic rings. The van der Waals surface area contributed by atoms with Crippen molar-refractivity contribution in [3.05, 3.63) is 35.4 Å². The average Bonchev–Trinajstić information content (AvgIpc) is 3.06. The number of benzene rings is 1. The number of piperazine rings is 1. The van der Waals surface area contributed by atoms with E-state index in [9.17, 15) is 9.59 Å². The Morgan fingerprint density at radius 3 is 2.12 bits per heavy atom. The molecule has 2 heterocycles. The number of hydrogen-bond acceptors (Lipinski definition) is 4. The highest BCUT2D eigenvalue weighted by atomic mass is 32.2. The van der Waals surface area contributed by atoms with E-state index in [1.54, 1.807) is 11.8 Å². The molecule has 184 valence electrons. The highest BCUT2D eigenvalue weighted by Gasteiger charge is 2.40. The van der Waals surface area contributed by atoms with Gasteiger partial charge in [0.05, 0.1) is 5.25 Å². The second-order valence-electron chi connectivity index (χ2n) is 11.3. The van der Waals surface area contributed by atoms with E-state index >= 15 is 0 Å². The minimum atomic E-state index is -0.224. The number of carbonyl (C=O) groups excluding carboxylic acids is 2. The molecule has 0 aliphatic carbocycles. The van der Waals surface area contributed by atoms with Gasteiger partial charge in [-0.25, -0.2) is 4.79 Å². The maximum absolute atomic E-state index is 13.1. The van der Waals surface area contributed by atoms with Gasteiger partial charge < -0.3 is 15.1 Å². The van der Waals surface area contributed by atoms with Crippen molar-refractivity contribution in [3.63, 3.8) is 0 Å². The quantitative estimate of drug-likeness (QED) is 0.684. The first-order valence-corrected chi connectivity index (χ1v) is 13.2. The third-order valence-electron chi connectivity index (χ3n) is 6.37. The van der Waals surface area contributed by atoms with Gasteiger partial charge in [0.1, 0.15) is 5.37 Å². The maximum atomic E-state index is 13.1. The number of thioether (sulfide) groups is 1. The Bertz CT molecular complexity index is 820. The normalized spacial score (nSPS) is 22.7. The highest BCUT2D eigenvalue weighted by Crippen LogP contribution is 2.44. The van der Waals surface area contributed by atoms with Crippen LogP contribution in [0.5, 0.6) is 0 Å². The van der Waals surface area contributed by atoms with Crippen molar-refractivity contribution in [1.29, 1.82) is 0 Å². The van der Waals surface area contributed by atoms with E-state index in [0.29, 0.717) is 0 Å². The van der Waals surface area contributed by atoms with Crippen molar-refractivity contribution in [2.24, 2.45) is 0 Å². The molecular weight excluding hydrogens is 432 g/mol. The molecule has 2 aliphatic heterocycles. The maximum Gasteiger partial charge on any atom is 0.317 e. The number of carbonyl (C=O) groups is 2. The average molecular weight is 475 g/mol. The van der Waals surface area contributed by atoms with Gasteiger partial charge in [0.15, 0.2) is 0 Å². The van der Waals surface area contributed by atoms with Crippen molar-refractivity contribution < 1.29 is 9.59 Å². The van der Waals surface area contributed by atoms with Crippen LogP contribution in [0.2, 0.25) is 0 Å². The monoisotopic (exact) mass is 474 g/mol. The number of rotatable bonds is 5. The SMILES string of the molecule is CC[C@@H]1S[C@@H](c2ccc(C(C)(C)C)cc2)N(CCN2CCN(C(=O)NC(C)(C)C)CC2)C1=O. The molecule has 2 atom stereocenters. The molecule has 0 saturated carbocycles. The molecule has 7 heteroatoms. The van der Waals surface area contributed by atoms with Gasteiger partial charge in [-0.1, -0.05) is 52.0 Å². The smallest absolute Gasteiger partial charge is 0.317 e. The molecule has 0 radical (unpaired) electrons. The van der Waals surface area contributed by atoms with Crippen LogP contribution in [0.25, 0.3) is 0 Å². The largest absolute Gasteiger partial charge is 0.333 e. The second kappa shape index (κ2) is 10.3. The van der Waals surface area contributed by atoms with Gasteiger partial charge in [0.25, 0.3) is 0 Å². The molecule has 3 amide bonds. The van der Waals surface area contributed by atoms with Crippen LogP contribution >= 0.6 is 11.8 Å². The van der Waals surface area contributed by atoms with Crippen molar-refractivity contribution in [2.75, 3.05) is 39.3 Å². The first-order chi connectivity index (χ1) is 15.4. The van der Waals surface area contributed by atoms with Gasteiger partial charge >= 0.3 is 6.03 Å². The van der Waals surface area contributed by atoms with E-state index in [1.165, 1.54) is 11.1 Å². The molecule has 0 spiro atoms. The van der Waals surface area contributed by atoms with Crippen molar-refractivity contribution in [2.45, 2.75) is 76.5 Å². The van der Waals surface area contributed by atoms with E-state index in [1.807, 2.05) is 25.7 Å². The van der Waals surface area contributed by atoms with Crippen LogP contribution in [0, 0.1) is 0 Å². The third-order valence-corrected chi connectivity index (χ3v) is 8.01. The van der Waals surface area contributed by atoms with E-state index in [0.717, 1.165) is 45.7 Å². The Balaban J connectivity index is 1.59. The number of hydrogen-bond donors (Lipinski definition) is 1. The third kappa shape index (κ3) is 6.66. The fourth-order valence-corrected chi connectivity index (χ4v) is 5.74. The molecule has 3 rings (SSSR count). The summed E-state index contributed by atoms with van der Waals surface area (Å²) in [5.41, 5.74) is 2.42. The van der Waals surface area contributed by atoms with Crippen LogP contribution in [0.1, 0.15) is 71.4 Å². The molecule has 2 saturated heterocycles. The van der Waals surface area contributed by atoms with Gasteiger partial charge in [0.2, 0.25) is 5.91 Å². The summed E-state index contributed by atoms with van der Waals surface area (Å²) in [5, 5.41) is 3.16. The molecule has 6 nitrogen and oxygen atoms in total. The van der Waals surface area contributed by atoms with Gasteiger partial charge in [-0.05, 0) is 43.7 Å². The summed E-state index contributed by atoms with van der Waals surface area (Å²) in [6.07, 6.45) is 0.859. The summed E-state index contributed by atoms with van der Waals surface area (Å²) in [5.74, 6) is 0.260. The molecule has 33 heavy (non-hydrogen) atoms. The summed E-state index contributed by atoms with van der Waals surface area (Å²) in [6.45, 7) is 19.5. The van der Waals surface area contributed by atoms with E-state index in [2.05, 4.69) is 67.1 Å². The summed E-state index contributed by atoms with van der Waals surface area (Å²) in [6, 6.07) is 8.82. The minimum Gasteiger partial charge on any atom is -0.333 e. The molecule has 1 N–H and O–H groups in total. The second-order valence-corrected chi connectivity index (χ2v) is 12.6. The number of nitrogens with one attached hydrogen (secondary N) is 1. The van der Waals surface area contributed by atoms with Crippen LogP contribution < -0.4 is 5.32 Å². The lowest BCUT2D eigenvalue weighted by molar-refractivity contribution is -0.130. The predicted molar refractivity (Wildman–Crippen MR) is 138 cm³/mol. The van der Waals surface area contributed by atoms with Crippen LogP contribution in [0.3, 0.4) is 0 Å². The van der Waals surface area contributed by atoms with Gasteiger partial charge in [-0.2, -0.15) is 0 Å². The molecule has 2 fully saturated rings. The lowest BCUT2D eigenvalue weighted by Crippen LogP contribution is -2.55. The van der Waals surface area contributed by atoms with Gasteiger partial charge in [0, 0.05) is 44.8 Å². The molecule has 0 unspecified atom stereocenters. The molecule has 0 aromatic heterocycles. The Morgan fingerprint density at radius 1 is 1.00 bits per heavy atom. The summed E-state index contributed by atoms with van der Waals surface area (Å²) >= 11 is 1.79. The minimum absolute atomic E-state index is 0.0119. The van der Waals surface area contributed by atoms with E-state index in [4.69, 9.17) is 0 Å². The topological polar surface area (TPSA) is 55.9 Å². The van der Waals surface area contributed by atoms with Gasteiger partial charge in [-0.15, -0.1) is 11.8 Å². The Kier molecular flexibility index (Phi) is 8.05.